The van der Waals surface area contributed by atoms with Crippen LogP contribution in [0.15, 0.2) is 24.3 Å². The van der Waals surface area contributed by atoms with Crippen LogP contribution in [0.5, 0.6) is 0 Å². The minimum absolute atomic E-state index is 0.231. The fourth-order valence-electron chi connectivity index (χ4n) is 1.99. The largest absolute Gasteiger partial charge is 0.411 e. The van der Waals surface area contributed by atoms with E-state index < -0.39 is 8.32 Å². The lowest BCUT2D eigenvalue weighted by molar-refractivity contribution is 0.269. The molecular formula is C16H24ClNOSi. The van der Waals surface area contributed by atoms with Crippen molar-refractivity contribution in [3.8, 4) is 0 Å². The number of hydrogen-bond acceptors (Lipinski definition) is 1. The van der Waals surface area contributed by atoms with Crippen LogP contribution in [0.4, 0.5) is 0 Å². The zero-order valence-corrected chi connectivity index (χ0v) is 15.0. The summed E-state index contributed by atoms with van der Waals surface area (Å²) in [5.41, 5.74) is 2.34. The third kappa shape index (κ3) is 2.80. The molecule has 0 N–H and O–H groups in total. The van der Waals surface area contributed by atoms with Crippen LogP contribution in [0.25, 0.3) is 10.9 Å². The molecule has 0 spiro atoms. The first-order valence-electron chi connectivity index (χ1n) is 7.00. The Kier molecular flexibility index (Phi) is 4.07. The number of aromatic nitrogens is 1. The van der Waals surface area contributed by atoms with Crippen LogP contribution in [-0.2, 0) is 18.1 Å². The van der Waals surface area contributed by atoms with E-state index in [4.69, 9.17) is 16.0 Å². The number of benzene rings is 1. The van der Waals surface area contributed by atoms with Gasteiger partial charge in [0.1, 0.15) is 0 Å². The van der Waals surface area contributed by atoms with Crippen LogP contribution >= 0.6 is 11.6 Å². The van der Waals surface area contributed by atoms with Crippen molar-refractivity contribution in [2.75, 3.05) is 0 Å². The van der Waals surface area contributed by atoms with Crippen molar-refractivity contribution in [2.45, 2.75) is 45.5 Å². The summed E-state index contributed by atoms with van der Waals surface area (Å²) in [6, 6.07) is 8.16. The van der Waals surface area contributed by atoms with Crippen molar-refractivity contribution in [1.29, 1.82) is 0 Å². The third-order valence-electron chi connectivity index (χ3n) is 4.52. The van der Waals surface area contributed by atoms with E-state index in [0.29, 0.717) is 6.61 Å². The minimum atomic E-state index is -1.72. The SMILES string of the molecule is Cn1c(CO[Si](C)(C)C(C)(C)C)cc2c(Cl)cccc21. The number of fused-ring (bicyclic) bond motifs is 1. The van der Waals surface area contributed by atoms with Crippen molar-refractivity contribution in [3.63, 3.8) is 0 Å². The van der Waals surface area contributed by atoms with Gasteiger partial charge in [0.25, 0.3) is 0 Å². The Balaban J connectivity index is 2.28. The molecule has 110 valence electrons. The van der Waals surface area contributed by atoms with Gasteiger partial charge in [-0.25, -0.2) is 0 Å². The van der Waals surface area contributed by atoms with Crippen molar-refractivity contribution < 1.29 is 4.43 Å². The van der Waals surface area contributed by atoms with E-state index in [1.54, 1.807) is 0 Å². The average Bonchev–Trinajstić information content (AvgIpc) is 2.65. The molecule has 0 aliphatic heterocycles. The molecule has 0 saturated heterocycles. The lowest BCUT2D eigenvalue weighted by atomic mass is 10.2. The summed E-state index contributed by atoms with van der Waals surface area (Å²) in [5.74, 6) is 0. The molecule has 0 fully saturated rings. The van der Waals surface area contributed by atoms with Crippen LogP contribution in [0.2, 0.25) is 23.2 Å². The lowest BCUT2D eigenvalue weighted by Crippen LogP contribution is -2.40. The highest BCUT2D eigenvalue weighted by molar-refractivity contribution is 6.74. The summed E-state index contributed by atoms with van der Waals surface area (Å²) in [6.45, 7) is 12.0. The van der Waals surface area contributed by atoms with Crippen LogP contribution in [0.3, 0.4) is 0 Å². The van der Waals surface area contributed by atoms with Gasteiger partial charge in [-0.05, 0) is 36.3 Å². The summed E-state index contributed by atoms with van der Waals surface area (Å²) in [5, 5.41) is 2.14. The fourth-order valence-corrected chi connectivity index (χ4v) is 3.15. The van der Waals surface area contributed by atoms with Gasteiger partial charge in [0.2, 0.25) is 0 Å². The highest BCUT2D eigenvalue weighted by Gasteiger charge is 2.37. The van der Waals surface area contributed by atoms with Gasteiger partial charge < -0.3 is 8.99 Å². The van der Waals surface area contributed by atoms with Gasteiger partial charge in [0, 0.05) is 28.7 Å². The Hall–Kier alpha value is -0.773. The molecule has 0 radical (unpaired) electrons. The first-order valence-corrected chi connectivity index (χ1v) is 10.3. The molecule has 0 saturated carbocycles. The van der Waals surface area contributed by atoms with Gasteiger partial charge in [-0.1, -0.05) is 38.4 Å². The molecule has 0 unspecified atom stereocenters. The predicted molar refractivity (Wildman–Crippen MR) is 89.9 cm³/mol. The molecule has 0 aliphatic carbocycles. The second-order valence-electron chi connectivity index (χ2n) is 6.92. The third-order valence-corrected chi connectivity index (χ3v) is 9.33. The van der Waals surface area contributed by atoms with Crippen molar-refractivity contribution in [3.05, 3.63) is 35.0 Å². The zero-order chi connectivity index (χ0) is 15.1. The van der Waals surface area contributed by atoms with Crippen LogP contribution in [0.1, 0.15) is 26.5 Å². The molecule has 20 heavy (non-hydrogen) atoms. The summed E-state index contributed by atoms with van der Waals surface area (Å²) >= 11 is 6.26. The van der Waals surface area contributed by atoms with E-state index >= 15 is 0 Å². The van der Waals surface area contributed by atoms with E-state index in [1.165, 1.54) is 5.69 Å². The summed E-state index contributed by atoms with van der Waals surface area (Å²) < 4.78 is 8.48. The first-order chi connectivity index (χ1) is 9.13. The summed E-state index contributed by atoms with van der Waals surface area (Å²) in [6.07, 6.45) is 0. The van der Waals surface area contributed by atoms with Crippen molar-refractivity contribution >= 4 is 30.8 Å². The maximum absolute atomic E-state index is 6.31. The van der Waals surface area contributed by atoms with Gasteiger partial charge in [0.05, 0.1) is 6.61 Å². The molecule has 1 aromatic heterocycles. The molecule has 2 rings (SSSR count). The van der Waals surface area contributed by atoms with Gasteiger partial charge in [-0.3, -0.25) is 0 Å². The van der Waals surface area contributed by atoms with Gasteiger partial charge >= 0.3 is 0 Å². The summed E-state index contributed by atoms with van der Waals surface area (Å²) in [7, 11) is 0.353. The lowest BCUT2D eigenvalue weighted by Gasteiger charge is -2.36. The number of rotatable bonds is 3. The van der Waals surface area contributed by atoms with Crippen LogP contribution in [0, 0.1) is 0 Å². The quantitative estimate of drug-likeness (QED) is 0.697. The number of aryl methyl sites for hydroxylation is 1. The van der Waals surface area contributed by atoms with Crippen molar-refractivity contribution in [2.24, 2.45) is 7.05 Å². The highest BCUT2D eigenvalue weighted by Crippen LogP contribution is 2.37. The molecule has 2 nitrogen and oxygen atoms in total. The topological polar surface area (TPSA) is 14.2 Å². The van der Waals surface area contributed by atoms with Gasteiger partial charge in [-0.2, -0.15) is 0 Å². The molecule has 0 amide bonds. The molecule has 0 aliphatic rings. The monoisotopic (exact) mass is 309 g/mol. The molecule has 1 heterocycles. The van der Waals surface area contributed by atoms with Crippen LogP contribution in [-0.4, -0.2) is 12.9 Å². The number of nitrogens with zero attached hydrogens (tertiary/aromatic N) is 1. The van der Waals surface area contributed by atoms with E-state index in [1.807, 2.05) is 12.1 Å². The summed E-state index contributed by atoms with van der Waals surface area (Å²) in [4.78, 5) is 0. The maximum atomic E-state index is 6.31. The van der Waals surface area contributed by atoms with Crippen molar-refractivity contribution in [1.82, 2.24) is 4.57 Å². The normalized spacial score (nSPS) is 13.2. The minimum Gasteiger partial charge on any atom is -0.411 e. The molecule has 0 atom stereocenters. The van der Waals surface area contributed by atoms with E-state index in [9.17, 15) is 0 Å². The maximum Gasteiger partial charge on any atom is 0.192 e. The zero-order valence-electron chi connectivity index (χ0n) is 13.2. The number of hydrogen-bond donors (Lipinski definition) is 0. The smallest absolute Gasteiger partial charge is 0.192 e. The van der Waals surface area contributed by atoms with E-state index in [0.717, 1.165) is 15.9 Å². The van der Waals surface area contributed by atoms with Gasteiger partial charge in [0.15, 0.2) is 8.32 Å². The van der Waals surface area contributed by atoms with E-state index in [-0.39, 0.29) is 5.04 Å². The highest BCUT2D eigenvalue weighted by atomic mass is 35.5. The Morgan fingerprint density at radius 2 is 1.90 bits per heavy atom. The Bertz CT molecular complexity index is 625. The van der Waals surface area contributed by atoms with E-state index in [2.05, 4.69) is 57.6 Å². The Morgan fingerprint density at radius 3 is 2.45 bits per heavy atom. The molecule has 1 aromatic carbocycles. The standard InChI is InChI=1S/C16H24ClNOSi/c1-16(2,3)20(5,6)19-11-12-10-13-14(17)8-7-9-15(13)18(12)4/h7-10H,11H2,1-6H3. The Labute approximate surface area is 127 Å². The first kappa shape index (κ1) is 15.6. The predicted octanol–water partition coefficient (Wildman–Crippen LogP) is 5.35. The molecular weight excluding hydrogens is 286 g/mol. The Morgan fingerprint density at radius 1 is 1.25 bits per heavy atom. The molecule has 2 aromatic rings. The number of halogens is 1. The second kappa shape index (κ2) is 5.21. The van der Waals surface area contributed by atoms with Gasteiger partial charge in [-0.15, -0.1) is 0 Å². The molecule has 4 heteroatoms. The fraction of sp³-hybridized carbons (Fsp3) is 0.500. The second-order valence-corrected chi connectivity index (χ2v) is 12.1. The molecule has 0 bridgehead atoms. The average molecular weight is 310 g/mol. The van der Waals surface area contributed by atoms with Crippen LogP contribution < -0.4 is 0 Å².